The molecule has 4 aromatic carbocycles. The minimum Gasteiger partial charge on any atom is -0.488 e. The topological polar surface area (TPSA) is 84.9 Å². The summed E-state index contributed by atoms with van der Waals surface area (Å²) < 4.78 is 47.7. The van der Waals surface area contributed by atoms with E-state index in [1.54, 1.807) is 24.3 Å². The number of amides is 1. The average molecular weight is 509 g/mol. The molecular weight excluding hydrogens is 487 g/mol. The van der Waals surface area contributed by atoms with Crippen molar-refractivity contribution in [2.75, 3.05) is 6.54 Å². The number of nitrogens with one attached hydrogen (secondary N) is 1. The van der Waals surface area contributed by atoms with Crippen LogP contribution < -0.4 is 14.8 Å². The molecule has 0 fully saturated rings. The number of hydrogen-bond acceptors (Lipinski definition) is 4. The molecular formula is C28H22F3NO5. The second-order valence-electron chi connectivity index (χ2n) is 8.15. The van der Waals surface area contributed by atoms with Crippen molar-refractivity contribution in [3.8, 4) is 22.6 Å². The van der Waals surface area contributed by atoms with Crippen LogP contribution in [0.4, 0.5) is 13.2 Å². The fraction of sp³-hybridized carbons (Fsp3) is 0.143. The van der Waals surface area contributed by atoms with Crippen LogP contribution in [-0.4, -0.2) is 29.9 Å². The molecule has 0 atom stereocenters. The van der Waals surface area contributed by atoms with Crippen molar-refractivity contribution < 1.29 is 37.3 Å². The van der Waals surface area contributed by atoms with Gasteiger partial charge >= 0.3 is 12.3 Å². The zero-order chi connectivity index (χ0) is 26.4. The molecule has 190 valence electrons. The van der Waals surface area contributed by atoms with Gasteiger partial charge in [0.15, 0.2) is 0 Å². The molecule has 2 N–H and O–H groups in total. The molecule has 0 saturated carbocycles. The van der Waals surface area contributed by atoms with Gasteiger partial charge in [-0.3, -0.25) is 9.59 Å². The smallest absolute Gasteiger partial charge is 0.488 e. The van der Waals surface area contributed by atoms with E-state index in [0.29, 0.717) is 22.4 Å². The van der Waals surface area contributed by atoms with Crippen molar-refractivity contribution in [3.05, 3.63) is 96.1 Å². The van der Waals surface area contributed by atoms with Gasteiger partial charge in [-0.2, -0.15) is 0 Å². The Labute approximate surface area is 210 Å². The van der Waals surface area contributed by atoms with Gasteiger partial charge in [-0.25, -0.2) is 0 Å². The fourth-order valence-corrected chi connectivity index (χ4v) is 3.70. The number of aliphatic carboxylic acids is 1. The molecule has 0 unspecified atom stereocenters. The molecule has 37 heavy (non-hydrogen) atoms. The molecule has 0 saturated heterocycles. The average Bonchev–Trinajstić information content (AvgIpc) is 2.86. The van der Waals surface area contributed by atoms with Crippen LogP contribution >= 0.6 is 0 Å². The number of carboxylic acid groups (broad SMARTS) is 1. The molecule has 0 radical (unpaired) electrons. The van der Waals surface area contributed by atoms with Gasteiger partial charge in [0.1, 0.15) is 18.1 Å². The molecule has 0 aliphatic rings. The van der Waals surface area contributed by atoms with Gasteiger partial charge in [0, 0.05) is 17.7 Å². The summed E-state index contributed by atoms with van der Waals surface area (Å²) in [6.45, 7) is 0.217. The number of alkyl halides is 3. The van der Waals surface area contributed by atoms with Crippen molar-refractivity contribution in [1.82, 2.24) is 5.32 Å². The largest absolute Gasteiger partial charge is 0.573 e. The third kappa shape index (κ3) is 7.00. The maximum absolute atomic E-state index is 12.5. The predicted molar refractivity (Wildman–Crippen MR) is 131 cm³/mol. The lowest BCUT2D eigenvalue weighted by Crippen LogP contribution is -2.25. The number of hydrogen-bond donors (Lipinski definition) is 2. The molecule has 4 aromatic rings. The zero-order valence-electron chi connectivity index (χ0n) is 19.4. The van der Waals surface area contributed by atoms with Gasteiger partial charge in [-0.15, -0.1) is 13.2 Å². The van der Waals surface area contributed by atoms with E-state index in [4.69, 9.17) is 9.84 Å². The molecule has 6 nitrogen and oxygen atoms in total. The van der Waals surface area contributed by atoms with Gasteiger partial charge < -0.3 is 19.9 Å². The van der Waals surface area contributed by atoms with Crippen molar-refractivity contribution in [2.24, 2.45) is 0 Å². The molecule has 4 rings (SSSR count). The third-order valence-corrected chi connectivity index (χ3v) is 5.48. The van der Waals surface area contributed by atoms with Crippen molar-refractivity contribution in [3.63, 3.8) is 0 Å². The molecule has 0 spiro atoms. The summed E-state index contributed by atoms with van der Waals surface area (Å²) in [4.78, 5) is 22.7. The van der Waals surface area contributed by atoms with Gasteiger partial charge in [0.2, 0.25) is 0 Å². The number of ether oxygens (including phenoxy) is 2. The summed E-state index contributed by atoms with van der Waals surface area (Å²) >= 11 is 0. The minimum atomic E-state index is -4.77. The predicted octanol–water partition coefficient (Wildman–Crippen LogP) is 6.19. The van der Waals surface area contributed by atoms with E-state index >= 15 is 0 Å². The lowest BCUT2D eigenvalue weighted by molar-refractivity contribution is -0.274. The van der Waals surface area contributed by atoms with Crippen molar-refractivity contribution >= 4 is 22.6 Å². The normalized spacial score (nSPS) is 11.2. The molecule has 0 heterocycles. The standard InChI is InChI=1S/C28H22F3NO5/c29-28(30,31)37-23-11-9-19(10-12-23)24-15-21-3-1-2-4-22(21)16-25(24)36-17-18-5-7-20(8-6-18)27(35)32-14-13-26(33)34/h1-12,15-16H,13-14,17H2,(H,32,35)(H,33,34). The third-order valence-electron chi connectivity index (χ3n) is 5.48. The first-order chi connectivity index (χ1) is 17.7. The van der Waals surface area contributed by atoms with Crippen LogP contribution in [0.2, 0.25) is 0 Å². The Balaban J connectivity index is 1.52. The highest BCUT2D eigenvalue weighted by atomic mass is 19.4. The van der Waals surface area contributed by atoms with E-state index in [-0.39, 0.29) is 31.2 Å². The van der Waals surface area contributed by atoms with Crippen LogP contribution in [0.25, 0.3) is 21.9 Å². The number of fused-ring (bicyclic) bond motifs is 1. The summed E-state index contributed by atoms with van der Waals surface area (Å²) in [5.74, 6) is -1.14. The Morgan fingerprint density at radius 1 is 0.865 bits per heavy atom. The Kier molecular flexibility index (Phi) is 7.62. The first-order valence-corrected chi connectivity index (χ1v) is 11.3. The molecule has 0 aromatic heterocycles. The number of carbonyl (C=O) groups is 2. The maximum atomic E-state index is 12.5. The van der Waals surface area contributed by atoms with E-state index in [1.165, 1.54) is 24.3 Å². The van der Waals surface area contributed by atoms with E-state index < -0.39 is 12.3 Å². The first-order valence-electron chi connectivity index (χ1n) is 11.3. The van der Waals surface area contributed by atoms with E-state index in [2.05, 4.69) is 10.1 Å². The lowest BCUT2D eigenvalue weighted by atomic mass is 10.00. The fourth-order valence-electron chi connectivity index (χ4n) is 3.70. The lowest BCUT2D eigenvalue weighted by Gasteiger charge is -2.15. The number of carbonyl (C=O) groups excluding carboxylic acids is 1. The van der Waals surface area contributed by atoms with Crippen LogP contribution in [-0.2, 0) is 11.4 Å². The van der Waals surface area contributed by atoms with E-state index in [9.17, 15) is 22.8 Å². The maximum Gasteiger partial charge on any atom is 0.573 e. The summed E-state index contributed by atoms with van der Waals surface area (Å²) in [7, 11) is 0. The second kappa shape index (κ2) is 11.0. The van der Waals surface area contributed by atoms with Gasteiger partial charge in [0.25, 0.3) is 5.91 Å². The molecule has 0 aliphatic heterocycles. The molecule has 9 heteroatoms. The monoisotopic (exact) mass is 509 g/mol. The van der Waals surface area contributed by atoms with Gasteiger partial charge in [-0.1, -0.05) is 48.5 Å². The van der Waals surface area contributed by atoms with Gasteiger partial charge in [-0.05, 0) is 58.3 Å². The SMILES string of the molecule is O=C(O)CCNC(=O)c1ccc(COc2cc3ccccc3cc2-c2ccc(OC(F)(F)F)cc2)cc1. The highest BCUT2D eigenvalue weighted by Gasteiger charge is 2.31. The van der Waals surface area contributed by atoms with Crippen molar-refractivity contribution in [1.29, 1.82) is 0 Å². The van der Waals surface area contributed by atoms with Gasteiger partial charge in [0.05, 0.1) is 6.42 Å². The van der Waals surface area contributed by atoms with Crippen LogP contribution in [0.1, 0.15) is 22.3 Å². The number of halogens is 3. The van der Waals surface area contributed by atoms with E-state index in [0.717, 1.165) is 16.3 Å². The first kappa shape index (κ1) is 25.6. The summed E-state index contributed by atoms with van der Waals surface area (Å²) in [6.07, 6.45) is -4.93. The highest BCUT2D eigenvalue weighted by Crippen LogP contribution is 2.36. The Bertz CT molecular complexity index is 1400. The molecule has 1 amide bonds. The quantitative estimate of drug-likeness (QED) is 0.281. The summed E-state index contributed by atoms with van der Waals surface area (Å²) in [5, 5.41) is 13.1. The van der Waals surface area contributed by atoms with Crippen molar-refractivity contribution in [2.45, 2.75) is 19.4 Å². The minimum absolute atomic E-state index is 0.0348. The highest BCUT2D eigenvalue weighted by molar-refractivity contribution is 5.94. The Morgan fingerprint density at radius 3 is 2.14 bits per heavy atom. The van der Waals surface area contributed by atoms with E-state index in [1.807, 2.05) is 36.4 Å². The van der Waals surface area contributed by atoms with Crippen LogP contribution in [0.15, 0.2) is 84.9 Å². The van der Waals surface area contributed by atoms with Crippen LogP contribution in [0.5, 0.6) is 11.5 Å². The summed E-state index contributed by atoms with van der Waals surface area (Å²) in [6, 6.07) is 23.7. The molecule has 0 bridgehead atoms. The second-order valence-corrected chi connectivity index (χ2v) is 8.15. The number of carboxylic acids is 1. The zero-order valence-corrected chi connectivity index (χ0v) is 19.4. The Hall–Kier alpha value is -4.53. The van der Waals surface area contributed by atoms with Crippen LogP contribution in [0.3, 0.4) is 0 Å². The Morgan fingerprint density at radius 2 is 1.51 bits per heavy atom. The van der Waals surface area contributed by atoms with Crippen LogP contribution in [0, 0.1) is 0 Å². The number of benzene rings is 4. The summed E-state index contributed by atoms with van der Waals surface area (Å²) in [5.41, 5.74) is 2.53. The molecule has 0 aliphatic carbocycles. The number of rotatable bonds is 9.